The van der Waals surface area contributed by atoms with Gasteiger partial charge < -0.3 is 0 Å². The Morgan fingerprint density at radius 2 is 2.07 bits per heavy atom. The number of Topliss-reactive ketones (excluding diaryl/α,β-unsaturated/α-hetero) is 1. The van der Waals surface area contributed by atoms with Crippen molar-refractivity contribution in [3.8, 4) is 0 Å². The average Bonchev–Trinajstić information content (AvgIpc) is 2.74. The van der Waals surface area contributed by atoms with Crippen molar-refractivity contribution in [2.75, 3.05) is 0 Å². The van der Waals surface area contributed by atoms with Gasteiger partial charge in [-0.1, -0.05) is 29.3 Å². The molecule has 15 heavy (non-hydrogen) atoms. The van der Waals surface area contributed by atoms with E-state index in [2.05, 4.69) is 0 Å². The number of hydrogen-bond donors (Lipinski definition) is 0. The maximum Gasteiger partial charge on any atom is 0.190 e. The highest BCUT2D eigenvalue weighted by atomic mass is 35.5. The normalized spacial score (nSPS) is 15.2. The van der Waals surface area contributed by atoms with Gasteiger partial charge in [-0.3, -0.25) is 4.79 Å². The molecule has 78 valence electrons. The Bertz CT molecular complexity index is 435. The van der Waals surface area contributed by atoms with Gasteiger partial charge >= 0.3 is 0 Å². The SMILES string of the molecule is O=C(C1=CCCC1)c1cc(Cl)ccc1Cl. The monoisotopic (exact) mass is 240 g/mol. The predicted molar refractivity (Wildman–Crippen MR) is 62.7 cm³/mol. The first-order chi connectivity index (χ1) is 7.18. The number of rotatable bonds is 2. The minimum Gasteiger partial charge on any atom is -0.289 e. The molecule has 1 nitrogen and oxygen atoms in total. The van der Waals surface area contributed by atoms with Crippen LogP contribution in [0.25, 0.3) is 0 Å². The fraction of sp³-hybridized carbons (Fsp3) is 0.250. The summed E-state index contributed by atoms with van der Waals surface area (Å²) in [6.45, 7) is 0. The number of benzene rings is 1. The lowest BCUT2D eigenvalue weighted by Gasteiger charge is -2.04. The maximum absolute atomic E-state index is 12.0. The van der Waals surface area contributed by atoms with Gasteiger partial charge in [0.15, 0.2) is 5.78 Å². The summed E-state index contributed by atoms with van der Waals surface area (Å²) in [6.07, 6.45) is 4.87. The van der Waals surface area contributed by atoms with Gasteiger partial charge in [0.1, 0.15) is 0 Å². The van der Waals surface area contributed by atoms with E-state index < -0.39 is 0 Å². The van der Waals surface area contributed by atoms with Crippen LogP contribution in [0.4, 0.5) is 0 Å². The van der Waals surface area contributed by atoms with E-state index in [1.54, 1.807) is 18.2 Å². The fourth-order valence-electron chi connectivity index (χ4n) is 1.72. The van der Waals surface area contributed by atoms with Crippen molar-refractivity contribution in [1.82, 2.24) is 0 Å². The summed E-state index contributed by atoms with van der Waals surface area (Å²) in [5.74, 6) is 0.0139. The van der Waals surface area contributed by atoms with Crippen molar-refractivity contribution in [1.29, 1.82) is 0 Å². The second-order valence-electron chi connectivity index (χ2n) is 3.57. The Morgan fingerprint density at radius 3 is 2.73 bits per heavy atom. The van der Waals surface area contributed by atoms with Crippen LogP contribution in [0.3, 0.4) is 0 Å². The molecule has 1 aliphatic rings. The topological polar surface area (TPSA) is 17.1 Å². The molecule has 3 heteroatoms. The maximum atomic E-state index is 12.0. The fourth-order valence-corrected chi connectivity index (χ4v) is 2.10. The van der Waals surface area contributed by atoms with Gasteiger partial charge in [-0.15, -0.1) is 0 Å². The summed E-state index contributed by atoms with van der Waals surface area (Å²) in [6, 6.07) is 4.97. The van der Waals surface area contributed by atoms with E-state index in [4.69, 9.17) is 23.2 Å². The van der Waals surface area contributed by atoms with Crippen molar-refractivity contribution in [2.24, 2.45) is 0 Å². The van der Waals surface area contributed by atoms with E-state index >= 15 is 0 Å². The van der Waals surface area contributed by atoms with Crippen LogP contribution in [0, 0.1) is 0 Å². The minimum absolute atomic E-state index is 0.0139. The van der Waals surface area contributed by atoms with Crippen molar-refractivity contribution in [2.45, 2.75) is 19.3 Å². The Labute approximate surface area is 98.7 Å². The highest BCUT2D eigenvalue weighted by Crippen LogP contribution is 2.27. The lowest BCUT2D eigenvalue weighted by atomic mass is 10.0. The summed E-state index contributed by atoms with van der Waals surface area (Å²) in [7, 11) is 0. The van der Waals surface area contributed by atoms with Gasteiger partial charge in [-0.25, -0.2) is 0 Å². The molecule has 0 amide bonds. The first kappa shape index (κ1) is 10.7. The summed E-state index contributed by atoms with van der Waals surface area (Å²) in [4.78, 5) is 12.0. The molecule has 0 bridgehead atoms. The summed E-state index contributed by atoms with van der Waals surface area (Å²) < 4.78 is 0. The van der Waals surface area contributed by atoms with Gasteiger partial charge in [-0.05, 0) is 43.0 Å². The van der Waals surface area contributed by atoms with Crippen LogP contribution in [-0.2, 0) is 0 Å². The third kappa shape index (κ3) is 2.24. The summed E-state index contributed by atoms with van der Waals surface area (Å²) >= 11 is 11.8. The Morgan fingerprint density at radius 1 is 1.27 bits per heavy atom. The highest BCUT2D eigenvalue weighted by molar-refractivity contribution is 6.36. The minimum atomic E-state index is 0.0139. The van der Waals surface area contributed by atoms with Crippen LogP contribution in [-0.4, -0.2) is 5.78 Å². The van der Waals surface area contributed by atoms with Gasteiger partial charge in [0, 0.05) is 10.6 Å². The molecule has 0 aliphatic heterocycles. The molecule has 0 saturated carbocycles. The van der Waals surface area contributed by atoms with Gasteiger partial charge in [0.25, 0.3) is 0 Å². The molecule has 0 heterocycles. The molecule has 0 fully saturated rings. The number of carbonyl (C=O) groups is 1. The molecule has 1 aromatic carbocycles. The largest absolute Gasteiger partial charge is 0.289 e. The first-order valence-electron chi connectivity index (χ1n) is 4.87. The van der Waals surface area contributed by atoms with Gasteiger partial charge in [-0.2, -0.15) is 0 Å². The number of allylic oxidation sites excluding steroid dienone is 2. The van der Waals surface area contributed by atoms with Crippen LogP contribution in [0.5, 0.6) is 0 Å². The van der Waals surface area contributed by atoms with Crippen LogP contribution >= 0.6 is 23.2 Å². The summed E-state index contributed by atoms with van der Waals surface area (Å²) in [5.41, 5.74) is 1.37. The van der Waals surface area contributed by atoms with Crippen LogP contribution in [0.2, 0.25) is 10.0 Å². The van der Waals surface area contributed by atoms with Gasteiger partial charge in [0.05, 0.1) is 5.02 Å². The third-order valence-corrected chi connectivity index (χ3v) is 3.07. The molecule has 0 radical (unpaired) electrons. The molecule has 0 saturated heterocycles. The van der Waals surface area contributed by atoms with E-state index in [0.717, 1.165) is 24.8 Å². The summed E-state index contributed by atoms with van der Waals surface area (Å²) in [5, 5.41) is 1.01. The molecule has 2 rings (SSSR count). The second kappa shape index (κ2) is 4.38. The van der Waals surface area contributed by atoms with Crippen molar-refractivity contribution in [3.05, 3.63) is 45.5 Å². The van der Waals surface area contributed by atoms with E-state index in [1.807, 2.05) is 6.08 Å². The zero-order chi connectivity index (χ0) is 10.8. The Hall–Kier alpha value is -0.790. The zero-order valence-electron chi connectivity index (χ0n) is 8.09. The van der Waals surface area contributed by atoms with E-state index in [9.17, 15) is 4.79 Å². The quantitative estimate of drug-likeness (QED) is 0.706. The lowest BCUT2D eigenvalue weighted by Crippen LogP contribution is -2.02. The smallest absolute Gasteiger partial charge is 0.190 e. The second-order valence-corrected chi connectivity index (χ2v) is 4.42. The molecule has 0 spiro atoms. The molecule has 0 unspecified atom stereocenters. The molecule has 0 aromatic heterocycles. The average molecular weight is 241 g/mol. The predicted octanol–water partition coefficient (Wildman–Crippen LogP) is 4.29. The number of halogens is 2. The molecular weight excluding hydrogens is 231 g/mol. The zero-order valence-corrected chi connectivity index (χ0v) is 9.61. The van der Waals surface area contributed by atoms with Crippen LogP contribution in [0.1, 0.15) is 29.6 Å². The number of hydrogen-bond acceptors (Lipinski definition) is 1. The number of ketones is 1. The number of carbonyl (C=O) groups excluding carboxylic acids is 1. The van der Waals surface area contributed by atoms with Crippen molar-refractivity contribution >= 4 is 29.0 Å². The first-order valence-corrected chi connectivity index (χ1v) is 5.63. The molecule has 0 atom stereocenters. The van der Waals surface area contributed by atoms with Crippen molar-refractivity contribution in [3.63, 3.8) is 0 Å². The van der Waals surface area contributed by atoms with E-state index in [1.165, 1.54) is 0 Å². The molecular formula is C12H10Cl2O. The third-order valence-electron chi connectivity index (χ3n) is 2.51. The standard InChI is InChI=1S/C12H10Cl2O/c13-9-5-6-11(14)10(7-9)12(15)8-3-1-2-4-8/h3,5-7H,1-2,4H2. The molecule has 0 N–H and O–H groups in total. The van der Waals surface area contributed by atoms with E-state index in [-0.39, 0.29) is 5.78 Å². The van der Waals surface area contributed by atoms with Crippen molar-refractivity contribution < 1.29 is 4.79 Å². The van der Waals surface area contributed by atoms with Crippen LogP contribution in [0.15, 0.2) is 29.8 Å². The Balaban J connectivity index is 2.36. The van der Waals surface area contributed by atoms with Gasteiger partial charge in [0.2, 0.25) is 0 Å². The molecule has 1 aliphatic carbocycles. The highest BCUT2D eigenvalue weighted by Gasteiger charge is 2.17. The van der Waals surface area contributed by atoms with Crippen LogP contribution < -0.4 is 0 Å². The van der Waals surface area contributed by atoms with E-state index in [0.29, 0.717) is 15.6 Å². The molecule has 1 aromatic rings. The Kier molecular flexibility index (Phi) is 3.13. The lowest BCUT2D eigenvalue weighted by molar-refractivity contribution is 0.103.